The van der Waals surface area contributed by atoms with E-state index in [0.717, 1.165) is 0 Å². The molecule has 2 aromatic rings. The molecule has 2 heterocycles. The van der Waals surface area contributed by atoms with Crippen molar-refractivity contribution in [2.75, 3.05) is 38.0 Å². The molecule has 27 heavy (non-hydrogen) atoms. The number of hydrogen-bond donors (Lipinski definition) is 2. The van der Waals surface area contributed by atoms with Crippen LogP contribution in [0, 0.1) is 5.82 Å². The van der Waals surface area contributed by atoms with Gasteiger partial charge in [-0.15, -0.1) is 11.3 Å². The van der Waals surface area contributed by atoms with E-state index in [9.17, 15) is 18.8 Å². The monoisotopic (exact) mass is 390 g/mol. The zero-order chi connectivity index (χ0) is 19.4. The molecule has 1 aromatic carbocycles. The number of carbonyl (C=O) groups is 3. The van der Waals surface area contributed by atoms with Gasteiger partial charge in [-0.25, -0.2) is 4.39 Å². The molecule has 1 aliphatic heterocycles. The zero-order valence-corrected chi connectivity index (χ0v) is 15.3. The Morgan fingerprint density at radius 1 is 1.07 bits per heavy atom. The molecule has 0 radical (unpaired) electrons. The second-order valence-electron chi connectivity index (χ2n) is 6.15. The van der Waals surface area contributed by atoms with Crippen LogP contribution in [0.15, 0.2) is 35.7 Å². The van der Waals surface area contributed by atoms with Crippen LogP contribution in [-0.4, -0.2) is 60.2 Å². The lowest BCUT2D eigenvalue weighted by Gasteiger charge is -2.34. The number of benzene rings is 1. The highest BCUT2D eigenvalue weighted by Crippen LogP contribution is 2.22. The molecule has 0 atom stereocenters. The number of hydrogen-bond acceptors (Lipinski definition) is 5. The Kier molecular flexibility index (Phi) is 5.82. The summed E-state index contributed by atoms with van der Waals surface area (Å²) in [6.45, 7) is 2.22. The van der Waals surface area contributed by atoms with Crippen LogP contribution in [0.2, 0.25) is 0 Å². The minimum Gasteiger partial charge on any atom is -0.366 e. The maximum Gasteiger partial charge on any atom is 0.253 e. The largest absolute Gasteiger partial charge is 0.366 e. The minimum atomic E-state index is -0.584. The number of piperazine rings is 1. The standard InChI is InChI=1S/C18H19FN4O3S/c19-13-3-1-12(2-4-13)18(26)23-8-6-22(7-9-23)11-15(24)21-17-14(16(20)25)5-10-27-17/h1-5,10H,6-9,11H2,(H2,20,25)(H,21,24). The minimum absolute atomic E-state index is 0.149. The lowest BCUT2D eigenvalue weighted by Crippen LogP contribution is -2.50. The van der Waals surface area contributed by atoms with Crippen molar-refractivity contribution in [3.63, 3.8) is 0 Å². The van der Waals surface area contributed by atoms with Crippen molar-refractivity contribution < 1.29 is 18.8 Å². The number of thiophene rings is 1. The van der Waals surface area contributed by atoms with Crippen molar-refractivity contribution >= 4 is 34.1 Å². The van der Waals surface area contributed by atoms with E-state index in [-0.39, 0.29) is 24.2 Å². The fourth-order valence-corrected chi connectivity index (χ4v) is 3.66. The van der Waals surface area contributed by atoms with Crippen molar-refractivity contribution in [1.82, 2.24) is 9.80 Å². The SMILES string of the molecule is NC(=O)c1ccsc1NC(=O)CN1CCN(C(=O)c2ccc(F)cc2)CC1. The molecular weight excluding hydrogens is 371 g/mol. The molecule has 7 nitrogen and oxygen atoms in total. The van der Waals surface area contributed by atoms with Gasteiger partial charge in [-0.1, -0.05) is 0 Å². The summed E-state index contributed by atoms with van der Waals surface area (Å²) in [4.78, 5) is 39.5. The molecule has 0 aliphatic carbocycles. The molecule has 1 fully saturated rings. The number of anilines is 1. The van der Waals surface area contributed by atoms with Gasteiger partial charge in [0.25, 0.3) is 11.8 Å². The van der Waals surface area contributed by atoms with Crippen LogP contribution in [0.4, 0.5) is 9.39 Å². The predicted octanol–water partition coefficient (Wildman–Crippen LogP) is 1.38. The lowest BCUT2D eigenvalue weighted by molar-refractivity contribution is -0.117. The summed E-state index contributed by atoms with van der Waals surface area (Å²) in [5.41, 5.74) is 6.00. The van der Waals surface area contributed by atoms with Gasteiger partial charge >= 0.3 is 0 Å². The number of rotatable bonds is 5. The molecule has 0 saturated carbocycles. The average molecular weight is 390 g/mol. The number of amides is 3. The van der Waals surface area contributed by atoms with E-state index in [1.54, 1.807) is 16.3 Å². The van der Waals surface area contributed by atoms with Gasteiger partial charge in [0.15, 0.2) is 0 Å². The highest BCUT2D eigenvalue weighted by atomic mass is 32.1. The summed E-state index contributed by atoms with van der Waals surface area (Å²) < 4.78 is 13.0. The van der Waals surface area contributed by atoms with E-state index in [4.69, 9.17) is 5.73 Å². The molecule has 3 N–H and O–H groups in total. The number of nitrogens with zero attached hydrogens (tertiary/aromatic N) is 2. The fraction of sp³-hybridized carbons (Fsp3) is 0.278. The van der Waals surface area contributed by atoms with Crippen molar-refractivity contribution in [1.29, 1.82) is 0 Å². The van der Waals surface area contributed by atoms with E-state index in [1.807, 2.05) is 4.90 Å². The summed E-state index contributed by atoms with van der Waals surface area (Å²) in [7, 11) is 0. The first kappa shape index (κ1) is 19.0. The van der Waals surface area contributed by atoms with Gasteiger partial charge < -0.3 is 16.0 Å². The van der Waals surface area contributed by atoms with Gasteiger partial charge in [0.05, 0.1) is 12.1 Å². The first-order chi connectivity index (χ1) is 12.9. The molecule has 9 heteroatoms. The Hall–Kier alpha value is -2.78. The van der Waals surface area contributed by atoms with Crippen LogP contribution >= 0.6 is 11.3 Å². The highest BCUT2D eigenvalue weighted by Gasteiger charge is 2.23. The maximum atomic E-state index is 13.0. The van der Waals surface area contributed by atoms with Crippen molar-refractivity contribution in [2.45, 2.75) is 0 Å². The molecule has 142 valence electrons. The Labute approximate surface area is 159 Å². The molecule has 1 aromatic heterocycles. The third kappa shape index (κ3) is 4.69. The second-order valence-corrected chi connectivity index (χ2v) is 7.07. The molecular formula is C18H19FN4O3S. The first-order valence-electron chi connectivity index (χ1n) is 8.38. The Morgan fingerprint density at radius 2 is 1.74 bits per heavy atom. The maximum absolute atomic E-state index is 13.0. The van der Waals surface area contributed by atoms with Gasteiger partial charge in [0.2, 0.25) is 5.91 Å². The van der Waals surface area contributed by atoms with Gasteiger partial charge in [0, 0.05) is 31.7 Å². The smallest absolute Gasteiger partial charge is 0.253 e. The van der Waals surface area contributed by atoms with E-state index < -0.39 is 5.91 Å². The van der Waals surface area contributed by atoms with Crippen molar-refractivity contribution in [2.24, 2.45) is 5.73 Å². The van der Waals surface area contributed by atoms with Gasteiger partial charge in [-0.2, -0.15) is 0 Å². The Morgan fingerprint density at radius 3 is 2.37 bits per heavy atom. The number of nitrogens with two attached hydrogens (primary N) is 1. The van der Waals surface area contributed by atoms with Gasteiger partial charge in [0.1, 0.15) is 10.8 Å². The van der Waals surface area contributed by atoms with Crippen molar-refractivity contribution in [3.8, 4) is 0 Å². The quantitative estimate of drug-likeness (QED) is 0.806. The third-order valence-electron chi connectivity index (χ3n) is 4.30. The molecule has 3 amide bonds. The lowest BCUT2D eigenvalue weighted by atomic mass is 10.2. The molecule has 0 unspecified atom stereocenters. The molecule has 1 saturated heterocycles. The normalized spacial score (nSPS) is 14.8. The van der Waals surface area contributed by atoms with Crippen LogP contribution in [0.3, 0.4) is 0 Å². The fourth-order valence-electron chi connectivity index (χ4n) is 2.85. The van der Waals surface area contributed by atoms with Crippen molar-refractivity contribution in [3.05, 3.63) is 52.7 Å². The number of halogens is 1. The Bertz CT molecular complexity index is 845. The van der Waals surface area contributed by atoms with Gasteiger partial charge in [-0.3, -0.25) is 19.3 Å². The second kappa shape index (κ2) is 8.28. The summed E-state index contributed by atoms with van der Waals surface area (Å²) >= 11 is 1.24. The summed E-state index contributed by atoms with van der Waals surface area (Å²) in [6, 6.07) is 7.03. The summed E-state index contributed by atoms with van der Waals surface area (Å²) in [5.74, 6) is -1.35. The molecule has 1 aliphatic rings. The van der Waals surface area contributed by atoms with E-state index in [0.29, 0.717) is 42.3 Å². The topological polar surface area (TPSA) is 95.7 Å². The van der Waals surface area contributed by atoms with Crippen LogP contribution in [-0.2, 0) is 4.79 Å². The zero-order valence-electron chi connectivity index (χ0n) is 14.5. The third-order valence-corrected chi connectivity index (χ3v) is 5.13. The Balaban J connectivity index is 1.49. The number of carbonyl (C=O) groups excluding carboxylic acids is 3. The van der Waals surface area contributed by atoms with E-state index >= 15 is 0 Å². The van der Waals surface area contributed by atoms with Crippen LogP contribution in [0.1, 0.15) is 20.7 Å². The highest BCUT2D eigenvalue weighted by molar-refractivity contribution is 7.14. The predicted molar refractivity (Wildman–Crippen MR) is 100 cm³/mol. The van der Waals surface area contributed by atoms with Crippen LogP contribution < -0.4 is 11.1 Å². The van der Waals surface area contributed by atoms with E-state index in [2.05, 4.69) is 5.32 Å². The summed E-state index contributed by atoms with van der Waals surface area (Å²) in [6.07, 6.45) is 0. The molecule has 3 rings (SSSR count). The van der Waals surface area contributed by atoms with E-state index in [1.165, 1.54) is 35.6 Å². The number of nitrogens with one attached hydrogen (secondary N) is 1. The molecule has 0 bridgehead atoms. The summed E-state index contributed by atoms with van der Waals surface area (Å²) in [5, 5.41) is 4.84. The average Bonchev–Trinajstić information content (AvgIpc) is 3.10. The molecule has 0 spiro atoms. The van der Waals surface area contributed by atoms with Gasteiger partial charge in [-0.05, 0) is 35.7 Å². The first-order valence-corrected chi connectivity index (χ1v) is 9.26. The van der Waals surface area contributed by atoms with Crippen LogP contribution in [0.5, 0.6) is 0 Å². The number of primary amides is 1. The van der Waals surface area contributed by atoms with Crippen LogP contribution in [0.25, 0.3) is 0 Å².